The molecule has 2 aliphatic carbocycles. The molecule has 5 atom stereocenters. The number of benzene rings is 1. The smallest absolute Gasteiger partial charge is 0.306 e. The van der Waals surface area contributed by atoms with Gasteiger partial charge in [-0.05, 0) is 76.5 Å². The average Bonchev–Trinajstić information content (AvgIpc) is 4.03. The number of nitrogens with zero attached hydrogens (tertiary/aromatic N) is 2. The van der Waals surface area contributed by atoms with E-state index < -0.39 is 86.4 Å². The molecule has 7 rings (SSSR count). The molecule has 1 saturated heterocycles. The normalized spacial score (nSPS) is 29.8. The number of ether oxygens (including phenoxy) is 3. The second-order valence-corrected chi connectivity index (χ2v) is 19.5. The highest BCUT2D eigenvalue weighted by atomic mass is 32.2. The number of aromatic nitrogens is 1. The first-order valence-corrected chi connectivity index (χ1v) is 21.4. The number of hydrogen-bond donors (Lipinski definition) is 2. The number of hydrogen-bond acceptors (Lipinski definition) is 10. The van der Waals surface area contributed by atoms with Gasteiger partial charge >= 0.3 is 5.97 Å². The van der Waals surface area contributed by atoms with Gasteiger partial charge in [0, 0.05) is 23.6 Å². The Morgan fingerprint density at radius 2 is 1.89 bits per heavy atom. The van der Waals surface area contributed by atoms with Crippen LogP contribution in [0.4, 0.5) is 8.78 Å². The van der Waals surface area contributed by atoms with Crippen molar-refractivity contribution in [3.05, 3.63) is 41.6 Å². The van der Waals surface area contributed by atoms with E-state index in [1.807, 2.05) is 19.9 Å². The van der Waals surface area contributed by atoms with Crippen LogP contribution in [0.1, 0.15) is 103 Å². The van der Waals surface area contributed by atoms with Gasteiger partial charge in [0.1, 0.15) is 22.9 Å². The number of aryl methyl sites for hydroxylation is 1. The number of carbonyl (C=O) groups is 4. The van der Waals surface area contributed by atoms with E-state index in [1.165, 1.54) is 18.1 Å². The van der Waals surface area contributed by atoms with Gasteiger partial charge in [-0.3, -0.25) is 23.9 Å². The number of allylic oxidation sites excluding steroid dienone is 1. The molecule has 1 aromatic carbocycles. The summed E-state index contributed by atoms with van der Waals surface area (Å²) in [5, 5.41) is 2.95. The van der Waals surface area contributed by atoms with Crippen LogP contribution in [0.3, 0.4) is 0 Å². The van der Waals surface area contributed by atoms with Gasteiger partial charge in [0.15, 0.2) is 5.75 Å². The van der Waals surface area contributed by atoms with Crippen molar-refractivity contribution in [1.82, 2.24) is 19.9 Å². The van der Waals surface area contributed by atoms with Crippen molar-refractivity contribution < 1.29 is 50.6 Å². The molecule has 5 aliphatic rings. The number of methoxy groups -OCH3 is 1. The predicted octanol–water partition coefficient (Wildman–Crippen LogP) is 5.37. The Balaban J connectivity index is 1.27. The molecule has 13 nitrogen and oxygen atoms in total. The Morgan fingerprint density at radius 3 is 2.60 bits per heavy atom. The fourth-order valence-corrected chi connectivity index (χ4v) is 9.86. The zero-order valence-electron chi connectivity index (χ0n) is 33.1. The summed E-state index contributed by atoms with van der Waals surface area (Å²) in [6, 6.07) is 3.28. The van der Waals surface area contributed by atoms with Gasteiger partial charge in [-0.25, -0.2) is 22.2 Å². The molecule has 0 unspecified atom stereocenters. The fourth-order valence-electron chi connectivity index (χ4n) is 8.55. The first-order chi connectivity index (χ1) is 26.8. The Morgan fingerprint density at radius 1 is 1.14 bits per heavy atom. The highest BCUT2D eigenvalue weighted by Crippen LogP contribution is 2.55. The van der Waals surface area contributed by atoms with Crippen molar-refractivity contribution >= 4 is 44.6 Å². The molecule has 57 heavy (non-hydrogen) atoms. The van der Waals surface area contributed by atoms with E-state index in [9.17, 15) is 27.6 Å². The fraction of sp³-hybridized carbons (Fsp3) is 0.634. The molecular weight excluding hydrogens is 763 g/mol. The lowest BCUT2D eigenvalue weighted by Gasteiger charge is -2.40. The lowest BCUT2D eigenvalue weighted by atomic mass is 9.84. The third kappa shape index (κ3) is 7.82. The molecule has 1 spiro atoms. The third-order valence-corrected chi connectivity index (χ3v) is 14.4. The van der Waals surface area contributed by atoms with Crippen LogP contribution < -0.4 is 19.5 Å². The monoisotopic (exact) mass is 814 g/mol. The van der Waals surface area contributed by atoms with Crippen molar-refractivity contribution in [1.29, 1.82) is 0 Å². The van der Waals surface area contributed by atoms with Crippen LogP contribution >= 0.6 is 0 Å². The van der Waals surface area contributed by atoms with Crippen LogP contribution in [0.15, 0.2) is 30.4 Å². The maximum absolute atomic E-state index is 16.8. The van der Waals surface area contributed by atoms with Crippen LogP contribution in [0.5, 0.6) is 11.5 Å². The summed E-state index contributed by atoms with van der Waals surface area (Å²) in [6.07, 6.45) is 6.02. The summed E-state index contributed by atoms with van der Waals surface area (Å²) >= 11 is 0. The highest BCUT2D eigenvalue weighted by molar-refractivity contribution is 7.91. The number of amides is 3. The van der Waals surface area contributed by atoms with Gasteiger partial charge in [0.05, 0.1) is 54.6 Å². The Kier molecular flexibility index (Phi) is 10.6. The molecular formula is C41H52F2N4O9S. The standard InChI is InChI=1S/C41H52F2N4O9S/c1-24(2)21-55-32(48)17-26-11-9-7-6-8-10-12-27-19-40(27,37(51)46-57(52,53)38(4)15-16-38)45-35(49)31-20-39(23-47(31)36(26)50)22-41(42,43)33-29-18-28(54-5)13-14-30(29)44-25(3)34(33)56-39/h10,12-14,18,24,26-27,31H,6-9,11,15-17,19-23H2,1-5H3,(H,45,49)(H,46,51)/b12-10-/t26-,27-,31+,39+,40-/m1/s1. The minimum atomic E-state index is -4.07. The van der Waals surface area contributed by atoms with Gasteiger partial charge in [-0.1, -0.05) is 38.8 Å². The summed E-state index contributed by atoms with van der Waals surface area (Å²) < 4.78 is 78.4. The van der Waals surface area contributed by atoms with Crippen molar-refractivity contribution in [3.8, 4) is 11.5 Å². The van der Waals surface area contributed by atoms with Crippen LogP contribution in [0, 0.1) is 24.7 Å². The molecule has 3 fully saturated rings. The SMILES string of the molecule is COc1ccc2nc(C)c3c(c2c1)C(F)(F)C[C@]1(C[C@H]2C(=O)N[C@]4(C(=O)NS(=O)(=O)C5(C)CC5)C[C@H]4/C=C\CCCCC[C@H](CC(=O)OCC(C)C)C(=O)N2C1)O3. The molecule has 2 saturated carbocycles. The molecule has 16 heteroatoms. The van der Waals surface area contributed by atoms with E-state index in [0.29, 0.717) is 49.8 Å². The molecule has 3 amide bonds. The van der Waals surface area contributed by atoms with Gasteiger partial charge in [0.25, 0.3) is 11.8 Å². The predicted molar refractivity (Wildman–Crippen MR) is 205 cm³/mol. The van der Waals surface area contributed by atoms with Crippen molar-refractivity contribution in [3.63, 3.8) is 0 Å². The molecule has 310 valence electrons. The molecule has 4 heterocycles. The maximum atomic E-state index is 16.8. The minimum Gasteiger partial charge on any atom is -0.497 e. The number of sulfonamides is 1. The topological polar surface area (TPSA) is 170 Å². The van der Waals surface area contributed by atoms with E-state index in [1.54, 1.807) is 32.1 Å². The second kappa shape index (κ2) is 14.8. The second-order valence-electron chi connectivity index (χ2n) is 17.3. The Labute approximate surface area is 331 Å². The number of alkyl halides is 2. The van der Waals surface area contributed by atoms with E-state index in [-0.39, 0.29) is 54.2 Å². The maximum Gasteiger partial charge on any atom is 0.306 e. The summed E-state index contributed by atoms with van der Waals surface area (Å²) in [4.78, 5) is 62.1. The third-order valence-electron chi connectivity index (χ3n) is 12.3. The zero-order chi connectivity index (χ0) is 41.1. The minimum absolute atomic E-state index is 0.0548. The number of fused-ring (bicyclic) bond motifs is 5. The molecule has 0 bridgehead atoms. The number of esters is 1. The van der Waals surface area contributed by atoms with Crippen LogP contribution in [0.2, 0.25) is 0 Å². The molecule has 1 aromatic heterocycles. The number of nitrogens with one attached hydrogen (secondary N) is 2. The Bertz CT molecular complexity index is 2120. The van der Waals surface area contributed by atoms with E-state index in [0.717, 1.165) is 6.42 Å². The summed E-state index contributed by atoms with van der Waals surface area (Å²) in [5.41, 5.74) is -3.28. The molecule has 2 aromatic rings. The van der Waals surface area contributed by atoms with Gasteiger partial charge in [-0.2, -0.15) is 0 Å². The first-order valence-electron chi connectivity index (χ1n) is 19.9. The lowest BCUT2D eigenvalue weighted by Crippen LogP contribution is -2.57. The van der Waals surface area contributed by atoms with Gasteiger partial charge in [-0.15, -0.1) is 0 Å². The summed E-state index contributed by atoms with van der Waals surface area (Å²) in [5.74, 6) is -7.61. The lowest BCUT2D eigenvalue weighted by molar-refractivity contribution is -0.151. The van der Waals surface area contributed by atoms with Crippen molar-refractivity contribution in [2.45, 2.75) is 126 Å². The van der Waals surface area contributed by atoms with Crippen LogP contribution in [-0.4, -0.2) is 84.2 Å². The number of pyridine rings is 1. The zero-order valence-corrected chi connectivity index (χ0v) is 33.9. The van der Waals surface area contributed by atoms with Crippen molar-refractivity contribution in [2.24, 2.45) is 17.8 Å². The Hall–Kier alpha value is -4.34. The number of rotatable bonds is 8. The van der Waals surface area contributed by atoms with E-state index in [4.69, 9.17) is 14.2 Å². The van der Waals surface area contributed by atoms with E-state index >= 15 is 8.78 Å². The largest absolute Gasteiger partial charge is 0.497 e. The molecule has 0 radical (unpaired) electrons. The number of carbonyl (C=O) groups excluding carboxylic acids is 4. The number of halogens is 2. The van der Waals surface area contributed by atoms with Gasteiger partial charge < -0.3 is 24.4 Å². The van der Waals surface area contributed by atoms with E-state index in [2.05, 4.69) is 15.0 Å². The average molecular weight is 815 g/mol. The first kappa shape index (κ1) is 40.8. The highest BCUT2D eigenvalue weighted by Gasteiger charge is 2.65. The van der Waals surface area contributed by atoms with Crippen molar-refractivity contribution in [2.75, 3.05) is 20.3 Å². The van der Waals surface area contributed by atoms with Crippen LogP contribution in [-0.2, 0) is 39.9 Å². The molecule has 2 N–H and O–H groups in total. The summed E-state index contributed by atoms with van der Waals surface area (Å²) in [7, 11) is -2.65. The van der Waals surface area contributed by atoms with Gasteiger partial charge in [0.2, 0.25) is 21.8 Å². The van der Waals surface area contributed by atoms with Crippen LogP contribution in [0.25, 0.3) is 10.9 Å². The summed E-state index contributed by atoms with van der Waals surface area (Å²) in [6.45, 7) is 6.61. The quantitative estimate of drug-likeness (QED) is 0.261. The molecule has 3 aliphatic heterocycles.